The Morgan fingerprint density at radius 2 is 1.62 bits per heavy atom. The predicted molar refractivity (Wildman–Crippen MR) is 96.3 cm³/mol. The van der Waals surface area contributed by atoms with Crippen molar-refractivity contribution in [3.05, 3.63) is 71.8 Å². The van der Waals surface area contributed by atoms with E-state index in [-0.39, 0.29) is 5.91 Å². The Labute approximate surface area is 144 Å². The summed E-state index contributed by atoms with van der Waals surface area (Å²) in [6.45, 7) is 2.74. The van der Waals surface area contributed by atoms with E-state index in [4.69, 9.17) is 0 Å². The summed E-state index contributed by atoms with van der Waals surface area (Å²) in [6.07, 6.45) is 1.62. The van der Waals surface area contributed by atoms with Gasteiger partial charge in [-0.25, -0.2) is 5.43 Å². The summed E-state index contributed by atoms with van der Waals surface area (Å²) in [5.74, 6) is -0.0107. The number of aliphatic hydroxyl groups is 1. The van der Waals surface area contributed by atoms with Crippen molar-refractivity contribution in [3.63, 3.8) is 0 Å². The molecule has 1 amide bonds. The lowest BCUT2D eigenvalue weighted by Gasteiger charge is -2.23. The van der Waals surface area contributed by atoms with Gasteiger partial charge < -0.3 is 5.11 Å². The van der Waals surface area contributed by atoms with Crippen LogP contribution in [0.3, 0.4) is 0 Å². The van der Waals surface area contributed by atoms with Crippen LogP contribution in [0, 0.1) is 0 Å². The van der Waals surface area contributed by atoms with Crippen molar-refractivity contribution in [1.82, 2.24) is 10.4 Å². The van der Waals surface area contributed by atoms with Crippen LogP contribution < -0.4 is 5.43 Å². The van der Waals surface area contributed by atoms with E-state index >= 15 is 0 Å². The Kier molecular flexibility index (Phi) is 7.46. The Morgan fingerprint density at radius 3 is 2.21 bits per heavy atom. The van der Waals surface area contributed by atoms with Crippen molar-refractivity contribution in [2.75, 3.05) is 13.1 Å². The molecular weight excluding hydrogens is 300 g/mol. The summed E-state index contributed by atoms with van der Waals surface area (Å²) in [5, 5.41) is 11.7. The lowest BCUT2D eigenvalue weighted by Crippen LogP contribution is -2.44. The predicted octanol–water partition coefficient (Wildman–Crippen LogP) is 2.58. The maximum absolute atomic E-state index is 11.7. The van der Waals surface area contributed by atoms with Gasteiger partial charge in [0.25, 0.3) is 0 Å². The van der Waals surface area contributed by atoms with Crippen LogP contribution in [-0.2, 0) is 17.6 Å². The summed E-state index contributed by atoms with van der Waals surface area (Å²) >= 11 is 0. The van der Waals surface area contributed by atoms with Crippen LogP contribution in [0.4, 0.5) is 0 Å². The van der Waals surface area contributed by atoms with Crippen molar-refractivity contribution >= 4 is 5.91 Å². The molecule has 24 heavy (non-hydrogen) atoms. The molecule has 2 rings (SSSR count). The monoisotopic (exact) mass is 326 g/mol. The van der Waals surface area contributed by atoms with Gasteiger partial charge in [-0.2, -0.15) is 0 Å². The molecule has 0 saturated heterocycles. The minimum absolute atomic E-state index is 0.0107. The molecule has 0 heterocycles. The van der Waals surface area contributed by atoms with Gasteiger partial charge in [-0.1, -0.05) is 60.7 Å². The molecule has 0 aliphatic heterocycles. The van der Waals surface area contributed by atoms with Gasteiger partial charge in [0.2, 0.25) is 5.91 Å². The lowest BCUT2D eigenvalue weighted by molar-refractivity contribution is -0.132. The molecule has 4 nitrogen and oxygen atoms in total. The Hall–Kier alpha value is -2.17. The zero-order chi connectivity index (χ0) is 17.2. The first-order chi connectivity index (χ1) is 11.6. The zero-order valence-corrected chi connectivity index (χ0v) is 14.2. The van der Waals surface area contributed by atoms with E-state index in [0.29, 0.717) is 25.9 Å². The number of nitrogens with zero attached hydrogens (tertiary/aromatic N) is 1. The van der Waals surface area contributed by atoms with Crippen LogP contribution in [0.1, 0.15) is 24.5 Å². The van der Waals surface area contributed by atoms with Gasteiger partial charge in [0.05, 0.1) is 6.10 Å². The number of rotatable bonds is 9. The molecule has 2 aromatic carbocycles. The van der Waals surface area contributed by atoms with Gasteiger partial charge in [0.1, 0.15) is 0 Å². The van der Waals surface area contributed by atoms with Gasteiger partial charge in [0, 0.05) is 20.0 Å². The second-order valence-corrected chi connectivity index (χ2v) is 5.95. The summed E-state index contributed by atoms with van der Waals surface area (Å²) in [5.41, 5.74) is 5.46. The lowest BCUT2D eigenvalue weighted by atomic mass is 10.1. The summed E-state index contributed by atoms with van der Waals surface area (Å²) in [7, 11) is 0. The molecule has 0 spiro atoms. The van der Waals surface area contributed by atoms with Crippen molar-refractivity contribution in [1.29, 1.82) is 0 Å². The zero-order valence-electron chi connectivity index (χ0n) is 14.2. The third-order valence-corrected chi connectivity index (χ3v) is 3.94. The molecule has 2 aromatic rings. The standard InChI is InChI=1S/C20H26N2O2/c1-17(23)22(15-13-18-8-4-2-5-9-18)21-14-12-20(24)16-19-10-6-3-7-11-19/h2-11,20-21,24H,12-16H2,1H3. The number of aliphatic hydroxyl groups excluding tert-OH is 1. The molecule has 0 aliphatic rings. The average molecular weight is 326 g/mol. The molecule has 0 bridgehead atoms. The van der Waals surface area contributed by atoms with Gasteiger partial charge in [-0.3, -0.25) is 9.80 Å². The maximum Gasteiger partial charge on any atom is 0.233 e. The van der Waals surface area contributed by atoms with Crippen molar-refractivity contribution in [2.24, 2.45) is 0 Å². The maximum atomic E-state index is 11.7. The SMILES string of the molecule is CC(=O)N(CCc1ccccc1)NCCC(O)Cc1ccccc1. The van der Waals surface area contributed by atoms with Crippen LogP contribution in [0.2, 0.25) is 0 Å². The van der Waals surface area contributed by atoms with Crippen LogP contribution in [0.5, 0.6) is 0 Å². The fraction of sp³-hybridized carbons (Fsp3) is 0.350. The van der Waals surface area contributed by atoms with E-state index in [1.165, 1.54) is 5.56 Å². The van der Waals surface area contributed by atoms with E-state index in [9.17, 15) is 9.90 Å². The molecule has 1 atom stereocenters. The fourth-order valence-corrected chi connectivity index (χ4v) is 2.59. The summed E-state index contributed by atoms with van der Waals surface area (Å²) in [4.78, 5) is 11.7. The molecule has 0 aliphatic carbocycles. The van der Waals surface area contributed by atoms with E-state index in [1.54, 1.807) is 11.9 Å². The smallest absolute Gasteiger partial charge is 0.233 e. The second kappa shape index (κ2) is 9.85. The number of amides is 1. The van der Waals surface area contributed by atoms with Crippen molar-refractivity contribution < 1.29 is 9.90 Å². The van der Waals surface area contributed by atoms with Gasteiger partial charge in [-0.15, -0.1) is 0 Å². The van der Waals surface area contributed by atoms with Gasteiger partial charge >= 0.3 is 0 Å². The molecule has 4 heteroatoms. The van der Waals surface area contributed by atoms with Gasteiger partial charge in [-0.05, 0) is 30.4 Å². The third kappa shape index (κ3) is 6.52. The molecule has 0 fully saturated rings. The first-order valence-corrected chi connectivity index (χ1v) is 8.42. The van der Waals surface area contributed by atoms with Crippen molar-refractivity contribution in [2.45, 2.75) is 32.3 Å². The Morgan fingerprint density at radius 1 is 1.04 bits per heavy atom. The highest BCUT2D eigenvalue weighted by molar-refractivity contribution is 5.72. The van der Waals surface area contributed by atoms with Gasteiger partial charge in [0.15, 0.2) is 0 Å². The molecule has 1 unspecified atom stereocenters. The first kappa shape index (κ1) is 18.2. The van der Waals surface area contributed by atoms with Crippen LogP contribution in [-0.4, -0.2) is 35.2 Å². The minimum Gasteiger partial charge on any atom is -0.393 e. The molecule has 2 N–H and O–H groups in total. The average Bonchev–Trinajstić information content (AvgIpc) is 2.59. The van der Waals surface area contributed by atoms with E-state index in [1.807, 2.05) is 48.5 Å². The first-order valence-electron chi connectivity index (χ1n) is 8.42. The summed E-state index contributed by atoms with van der Waals surface area (Å²) < 4.78 is 0. The van der Waals surface area contributed by atoms with Crippen LogP contribution in [0.25, 0.3) is 0 Å². The molecule has 0 saturated carbocycles. The number of nitrogens with one attached hydrogen (secondary N) is 1. The largest absolute Gasteiger partial charge is 0.393 e. The molecule has 0 aromatic heterocycles. The summed E-state index contributed by atoms with van der Waals surface area (Å²) in [6, 6.07) is 20.0. The van der Waals surface area contributed by atoms with E-state index in [2.05, 4.69) is 17.6 Å². The van der Waals surface area contributed by atoms with Crippen LogP contribution in [0.15, 0.2) is 60.7 Å². The topological polar surface area (TPSA) is 52.6 Å². The van der Waals surface area contributed by atoms with E-state index in [0.717, 1.165) is 12.0 Å². The normalized spacial score (nSPS) is 11.9. The molecule has 128 valence electrons. The Balaban J connectivity index is 1.72. The quantitative estimate of drug-likeness (QED) is 0.697. The van der Waals surface area contributed by atoms with Crippen molar-refractivity contribution in [3.8, 4) is 0 Å². The van der Waals surface area contributed by atoms with E-state index < -0.39 is 6.10 Å². The third-order valence-electron chi connectivity index (χ3n) is 3.94. The number of hydrazine groups is 1. The highest BCUT2D eigenvalue weighted by Crippen LogP contribution is 2.05. The van der Waals surface area contributed by atoms with Crippen LogP contribution >= 0.6 is 0 Å². The number of carbonyl (C=O) groups is 1. The molecular formula is C20H26N2O2. The second-order valence-electron chi connectivity index (χ2n) is 5.95. The number of carbonyl (C=O) groups excluding carboxylic acids is 1. The Bertz CT molecular complexity index is 602. The highest BCUT2D eigenvalue weighted by Gasteiger charge is 2.10. The number of benzene rings is 2. The number of hydrogen-bond acceptors (Lipinski definition) is 3. The molecule has 0 radical (unpaired) electrons. The fourth-order valence-electron chi connectivity index (χ4n) is 2.59. The number of hydrogen-bond donors (Lipinski definition) is 2. The highest BCUT2D eigenvalue weighted by atomic mass is 16.3. The minimum atomic E-state index is -0.414.